The Hall–Kier alpha value is -1.63. The lowest BCUT2D eigenvalue weighted by Gasteiger charge is -2.14. The highest BCUT2D eigenvalue weighted by Gasteiger charge is 2.13. The third-order valence-corrected chi connectivity index (χ3v) is 3.24. The van der Waals surface area contributed by atoms with Crippen LogP contribution in [0, 0.1) is 19.7 Å². The summed E-state index contributed by atoms with van der Waals surface area (Å²) >= 11 is 12.0. The predicted molar refractivity (Wildman–Crippen MR) is 79.0 cm³/mol. The maximum absolute atomic E-state index is 13.2. The molecule has 0 spiro atoms. The number of hydrogen-bond acceptors (Lipinski definition) is 5. The molecular weight excluding hydrogens is 304 g/mol. The zero-order chi connectivity index (χ0) is 14.9. The number of benzene rings is 1. The van der Waals surface area contributed by atoms with E-state index in [1.54, 1.807) is 13.8 Å². The Labute approximate surface area is 125 Å². The molecule has 0 aliphatic rings. The van der Waals surface area contributed by atoms with Crippen molar-refractivity contribution in [2.45, 2.75) is 13.8 Å². The average Bonchev–Trinajstić information content (AvgIpc) is 2.37. The minimum atomic E-state index is -0.509. The van der Waals surface area contributed by atoms with Crippen LogP contribution >= 0.6 is 23.2 Å². The topological polar surface area (TPSA) is 75.9 Å². The van der Waals surface area contributed by atoms with Crippen molar-refractivity contribution in [1.82, 2.24) is 9.97 Å². The molecule has 0 atom stereocenters. The number of hydrazine groups is 1. The maximum atomic E-state index is 13.2. The Kier molecular flexibility index (Phi) is 4.27. The quantitative estimate of drug-likeness (QED) is 0.596. The molecule has 0 fully saturated rings. The molecule has 0 radical (unpaired) electrons. The summed E-state index contributed by atoms with van der Waals surface area (Å²) in [5.74, 6) is 6.36. The normalized spacial score (nSPS) is 10.5. The first-order chi connectivity index (χ1) is 9.42. The van der Waals surface area contributed by atoms with Crippen LogP contribution in [0.3, 0.4) is 0 Å². The smallest absolute Gasteiger partial charge is 0.148 e. The molecule has 1 aromatic carbocycles. The zero-order valence-corrected chi connectivity index (χ0v) is 12.3. The van der Waals surface area contributed by atoms with E-state index in [2.05, 4.69) is 20.7 Å². The van der Waals surface area contributed by atoms with Gasteiger partial charge in [0.1, 0.15) is 23.3 Å². The molecule has 8 heteroatoms. The van der Waals surface area contributed by atoms with Gasteiger partial charge in [-0.25, -0.2) is 20.2 Å². The van der Waals surface area contributed by atoms with Crippen molar-refractivity contribution in [3.05, 3.63) is 39.4 Å². The van der Waals surface area contributed by atoms with E-state index < -0.39 is 5.82 Å². The van der Waals surface area contributed by atoms with Gasteiger partial charge in [-0.2, -0.15) is 0 Å². The Balaban J connectivity index is 2.48. The summed E-state index contributed by atoms with van der Waals surface area (Å²) in [4.78, 5) is 8.39. The van der Waals surface area contributed by atoms with E-state index >= 15 is 0 Å². The van der Waals surface area contributed by atoms with Crippen molar-refractivity contribution in [3.8, 4) is 0 Å². The molecule has 0 aliphatic heterocycles. The van der Waals surface area contributed by atoms with Gasteiger partial charge < -0.3 is 10.7 Å². The van der Waals surface area contributed by atoms with E-state index in [-0.39, 0.29) is 10.0 Å². The summed E-state index contributed by atoms with van der Waals surface area (Å²) in [6, 6.07) is 2.34. The van der Waals surface area contributed by atoms with Crippen LogP contribution in [-0.4, -0.2) is 9.97 Å². The van der Waals surface area contributed by atoms with Crippen molar-refractivity contribution in [1.29, 1.82) is 0 Å². The fraction of sp³-hybridized carbons (Fsp3) is 0.167. The van der Waals surface area contributed by atoms with Crippen LogP contribution in [0.15, 0.2) is 12.1 Å². The van der Waals surface area contributed by atoms with Crippen LogP contribution in [0.5, 0.6) is 0 Å². The van der Waals surface area contributed by atoms with Crippen LogP contribution < -0.4 is 16.6 Å². The summed E-state index contributed by atoms with van der Waals surface area (Å²) in [7, 11) is 0. The first-order valence-electron chi connectivity index (χ1n) is 5.65. The molecule has 4 N–H and O–H groups in total. The number of anilines is 3. The monoisotopic (exact) mass is 315 g/mol. The maximum Gasteiger partial charge on any atom is 0.148 e. The number of aromatic nitrogens is 2. The van der Waals surface area contributed by atoms with Gasteiger partial charge in [0.15, 0.2) is 0 Å². The van der Waals surface area contributed by atoms with Gasteiger partial charge in [0.05, 0.1) is 15.7 Å². The Morgan fingerprint density at radius 3 is 2.20 bits per heavy atom. The zero-order valence-electron chi connectivity index (χ0n) is 10.8. The fourth-order valence-corrected chi connectivity index (χ4v) is 2.23. The minimum Gasteiger partial charge on any atom is -0.337 e. The van der Waals surface area contributed by atoms with Crippen LogP contribution in [0.1, 0.15) is 11.4 Å². The van der Waals surface area contributed by atoms with Gasteiger partial charge in [-0.3, -0.25) is 0 Å². The van der Waals surface area contributed by atoms with Gasteiger partial charge in [-0.05, 0) is 26.0 Å². The summed E-state index contributed by atoms with van der Waals surface area (Å²) in [5.41, 5.74) is 3.55. The van der Waals surface area contributed by atoms with Gasteiger partial charge in [0.25, 0.3) is 0 Å². The van der Waals surface area contributed by atoms with E-state index in [1.165, 1.54) is 12.1 Å². The molecular formula is C12H12Cl2FN5. The van der Waals surface area contributed by atoms with Gasteiger partial charge in [0.2, 0.25) is 0 Å². The van der Waals surface area contributed by atoms with E-state index in [0.717, 1.165) is 0 Å². The number of nitrogens with zero attached hydrogens (tertiary/aromatic N) is 2. The molecule has 2 aromatic rings. The number of halogens is 3. The molecule has 5 nitrogen and oxygen atoms in total. The third-order valence-electron chi connectivity index (χ3n) is 2.64. The fourth-order valence-electron chi connectivity index (χ4n) is 1.67. The number of aryl methyl sites for hydroxylation is 1. The largest absolute Gasteiger partial charge is 0.337 e. The Morgan fingerprint density at radius 2 is 1.65 bits per heavy atom. The summed E-state index contributed by atoms with van der Waals surface area (Å²) in [6.07, 6.45) is 0. The van der Waals surface area contributed by atoms with E-state index in [9.17, 15) is 4.39 Å². The molecule has 0 bridgehead atoms. The van der Waals surface area contributed by atoms with Crippen molar-refractivity contribution in [2.24, 2.45) is 5.84 Å². The number of hydrogen-bond donors (Lipinski definition) is 3. The molecule has 106 valence electrons. The van der Waals surface area contributed by atoms with Crippen molar-refractivity contribution in [3.63, 3.8) is 0 Å². The lowest BCUT2D eigenvalue weighted by atomic mass is 10.2. The Bertz CT molecular complexity index is 640. The van der Waals surface area contributed by atoms with Crippen molar-refractivity contribution < 1.29 is 4.39 Å². The first kappa shape index (κ1) is 14.8. The second-order valence-electron chi connectivity index (χ2n) is 4.11. The predicted octanol–water partition coefficient (Wildman–Crippen LogP) is 3.57. The minimum absolute atomic E-state index is 0.160. The summed E-state index contributed by atoms with van der Waals surface area (Å²) in [5, 5.41) is 3.29. The average molecular weight is 316 g/mol. The highest BCUT2D eigenvalue weighted by atomic mass is 35.5. The number of nitrogens with one attached hydrogen (secondary N) is 2. The SMILES string of the molecule is Cc1nc(NN)c(C)c(Nc2c(Cl)cc(F)cc2Cl)n1. The van der Waals surface area contributed by atoms with E-state index in [4.69, 9.17) is 29.0 Å². The highest BCUT2D eigenvalue weighted by Crippen LogP contribution is 2.34. The molecule has 1 heterocycles. The Morgan fingerprint density at radius 1 is 1.10 bits per heavy atom. The number of rotatable bonds is 3. The molecule has 0 saturated carbocycles. The van der Waals surface area contributed by atoms with Gasteiger partial charge in [0, 0.05) is 5.56 Å². The molecule has 0 aliphatic carbocycles. The lowest BCUT2D eigenvalue weighted by Crippen LogP contribution is -2.13. The van der Waals surface area contributed by atoms with Gasteiger partial charge >= 0.3 is 0 Å². The van der Waals surface area contributed by atoms with Crippen molar-refractivity contribution >= 4 is 40.5 Å². The van der Waals surface area contributed by atoms with Crippen LogP contribution in [0.2, 0.25) is 10.0 Å². The number of nitrogens with two attached hydrogens (primary N) is 1. The van der Waals surface area contributed by atoms with E-state index in [0.29, 0.717) is 28.7 Å². The van der Waals surface area contributed by atoms with E-state index in [1.807, 2.05) is 0 Å². The second-order valence-corrected chi connectivity index (χ2v) is 4.92. The summed E-state index contributed by atoms with van der Waals surface area (Å²) in [6.45, 7) is 3.50. The number of nitrogen functional groups attached to an aromatic ring is 1. The van der Waals surface area contributed by atoms with Crippen molar-refractivity contribution in [2.75, 3.05) is 10.7 Å². The third kappa shape index (κ3) is 2.92. The van der Waals surface area contributed by atoms with Crippen LogP contribution in [0.4, 0.5) is 21.7 Å². The molecule has 0 unspecified atom stereocenters. The molecule has 2 rings (SSSR count). The second kappa shape index (κ2) is 5.78. The van der Waals surface area contributed by atoms with Crippen LogP contribution in [-0.2, 0) is 0 Å². The molecule has 20 heavy (non-hydrogen) atoms. The molecule has 0 amide bonds. The molecule has 0 saturated heterocycles. The van der Waals surface area contributed by atoms with Gasteiger partial charge in [-0.1, -0.05) is 23.2 Å². The van der Waals surface area contributed by atoms with Crippen LogP contribution in [0.25, 0.3) is 0 Å². The summed E-state index contributed by atoms with van der Waals surface area (Å²) < 4.78 is 13.2. The molecule has 1 aromatic heterocycles. The first-order valence-corrected chi connectivity index (χ1v) is 6.41. The lowest BCUT2D eigenvalue weighted by molar-refractivity contribution is 0.628. The standard InChI is InChI=1S/C12H12Cl2FN5/c1-5-11(17-6(2)18-12(5)20-16)19-10-8(13)3-7(15)4-9(10)14/h3-4H,16H2,1-2H3,(H2,17,18,19,20). The highest BCUT2D eigenvalue weighted by molar-refractivity contribution is 6.39. The van der Waals surface area contributed by atoms with Gasteiger partial charge in [-0.15, -0.1) is 0 Å².